The summed E-state index contributed by atoms with van der Waals surface area (Å²) in [5, 5.41) is 8.53. The molecule has 1 aromatic heterocycles. The molecule has 0 saturated heterocycles. The van der Waals surface area contributed by atoms with Crippen LogP contribution in [0.5, 0.6) is 0 Å². The van der Waals surface area contributed by atoms with E-state index in [4.69, 9.17) is 16.1 Å². The summed E-state index contributed by atoms with van der Waals surface area (Å²) >= 11 is 6.03. The Labute approximate surface area is 139 Å². The molecule has 0 radical (unpaired) electrons. The van der Waals surface area contributed by atoms with Crippen LogP contribution in [0.25, 0.3) is 11.0 Å². The molecule has 0 bridgehead atoms. The standard InChI is InChI=1S/C18H17ClN2O2/c1-18(2,12-6-5-7-13(19)10-12)20-17(22)11-15-14-8-3-4-9-16(14)23-21-15/h3-10H,11H2,1-2H3,(H,20,22). The molecule has 0 atom stereocenters. The third-order valence-corrected chi connectivity index (χ3v) is 4.01. The summed E-state index contributed by atoms with van der Waals surface area (Å²) in [6, 6.07) is 15.0. The van der Waals surface area contributed by atoms with Crippen LogP contribution in [0.3, 0.4) is 0 Å². The number of benzene rings is 2. The minimum Gasteiger partial charge on any atom is -0.356 e. The van der Waals surface area contributed by atoms with Gasteiger partial charge in [-0.1, -0.05) is 41.0 Å². The zero-order valence-electron chi connectivity index (χ0n) is 13.0. The second kappa shape index (κ2) is 6.05. The fourth-order valence-corrected chi connectivity index (χ4v) is 2.75. The molecule has 3 rings (SSSR count). The van der Waals surface area contributed by atoms with E-state index in [-0.39, 0.29) is 12.3 Å². The van der Waals surface area contributed by atoms with Gasteiger partial charge in [-0.05, 0) is 43.7 Å². The average molecular weight is 329 g/mol. The van der Waals surface area contributed by atoms with Crippen molar-refractivity contribution >= 4 is 28.5 Å². The lowest BCUT2D eigenvalue weighted by molar-refractivity contribution is -0.122. The number of carbonyl (C=O) groups is 1. The van der Waals surface area contributed by atoms with Crippen molar-refractivity contribution in [3.63, 3.8) is 0 Å². The van der Waals surface area contributed by atoms with Crippen LogP contribution in [0, 0.1) is 0 Å². The maximum absolute atomic E-state index is 12.4. The Bertz CT molecular complexity index is 855. The highest BCUT2D eigenvalue weighted by molar-refractivity contribution is 6.30. The van der Waals surface area contributed by atoms with Crippen molar-refractivity contribution in [2.45, 2.75) is 25.8 Å². The predicted octanol–water partition coefficient (Wildman–Crippen LogP) is 4.08. The van der Waals surface area contributed by atoms with Crippen LogP contribution in [-0.4, -0.2) is 11.1 Å². The number of halogens is 1. The fraction of sp³-hybridized carbons (Fsp3) is 0.222. The fourth-order valence-electron chi connectivity index (χ4n) is 2.56. The average Bonchev–Trinajstić information content (AvgIpc) is 2.90. The van der Waals surface area contributed by atoms with Crippen LogP contribution in [-0.2, 0) is 16.8 Å². The van der Waals surface area contributed by atoms with Gasteiger partial charge in [0.2, 0.25) is 5.91 Å². The lowest BCUT2D eigenvalue weighted by Crippen LogP contribution is -2.41. The number of fused-ring (bicyclic) bond motifs is 1. The number of amides is 1. The maximum Gasteiger partial charge on any atom is 0.226 e. The van der Waals surface area contributed by atoms with Crippen molar-refractivity contribution < 1.29 is 9.32 Å². The second-order valence-electron chi connectivity index (χ2n) is 5.99. The molecular weight excluding hydrogens is 312 g/mol. The molecular formula is C18H17ClN2O2. The Balaban J connectivity index is 1.76. The van der Waals surface area contributed by atoms with Crippen molar-refractivity contribution in [1.82, 2.24) is 10.5 Å². The Kier molecular flexibility index (Phi) is 4.09. The third-order valence-electron chi connectivity index (χ3n) is 3.78. The van der Waals surface area contributed by atoms with Gasteiger partial charge in [0.1, 0.15) is 5.69 Å². The first-order valence-corrected chi connectivity index (χ1v) is 7.74. The maximum atomic E-state index is 12.4. The van der Waals surface area contributed by atoms with Crippen LogP contribution in [0.1, 0.15) is 25.1 Å². The van der Waals surface area contributed by atoms with Gasteiger partial charge in [0, 0.05) is 10.4 Å². The predicted molar refractivity (Wildman–Crippen MR) is 90.3 cm³/mol. The quantitative estimate of drug-likeness (QED) is 0.785. The van der Waals surface area contributed by atoms with E-state index in [1.807, 2.05) is 62.4 Å². The van der Waals surface area contributed by atoms with Crippen LogP contribution >= 0.6 is 11.6 Å². The molecule has 0 spiro atoms. The topological polar surface area (TPSA) is 55.1 Å². The Morgan fingerprint density at radius 3 is 2.78 bits per heavy atom. The second-order valence-corrected chi connectivity index (χ2v) is 6.42. The van der Waals surface area contributed by atoms with Gasteiger partial charge in [-0.25, -0.2) is 0 Å². The number of nitrogens with zero attached hydrogens (tertiary/aromatic N) is 1. The molecule has 0 unspecified atom stereocenters. The largest absolute Gasteiger partial charge is 0.356 e. The van der Waals surface area contributed by atoms with Gasteiger partial charge in [-0.15, -0.1) is 0 Å². The summed E-state index contributed by atoms with van der Waals surface area (Å²) in [5.74, 6) is -0.117. The van der Waals surface area contributed by atoms with Crippen molar-refractivity contribution in [1.29, 1.82) is 0 Å². The van der Waals surface area contributed by atoms with E-state index in [2.05, 4.69) is 10.5 Å². The van der Waals surface area contributed by atoms with Crippen molar-refractivity contribution in [2.24, 2.45) is 0 Å². The van der Waals surface area contributed by atoms with E-state index in [9.17, 15) is 4.79 Å². The van der Waals surface area contributed by atoms with Gasteiger partial charge in [-0.3, -0.25) is 4.79 Å². The molecule has 0 saturated carbocycles. The number of aromatic nitrogens is 1. The lowest BCUT2D eigenvalue weighted by atomic mass is 9.94. The zero-order valence-corrected chi connectivity index (χ0v) is 13.7. The number of nitrogens with one attached hydrogen (secondary N) is 1. The minimum absolute atomic E-state index is 0.117. The Morgan fingerprint density at radius 2 is 2.00 bits per heavy atom. The molecule has 1 heterocycles. The summed E-state index contributed by atoms with van der Waals surface area (Å²) < 4.78 is 5.23. The first kappa shape index (κ1) is 15.6. The molecule has 5 heteroatoms. The highest BCUT2D eigenvalue weighted by Crippen LogP contribution is 2.24. The highest BCUT2D eigenvalue weighted by atomic mass is 35.5. The first-order valence-electron chi connectivity index (χ1n) is 7.36. The zero-order chi connectivity index (χ0) is 16.4. The van der Waals surface area contributed by atoms with E-state index < -0.39 is 5.54 Å². The van der Waals surface area contributed by atoms with Crippen molar-refractivity contribution in [3.8, 4) is 0 Å². The Morgan fingerprint density at radius 1 is 1.22 bits per heavy atom. The van der Waals surface area contributed by atoms with Gasteiger partial charge < -0.3 is 9.84 Å². The summed E-state index contributed by atoms with van der Waals surface area (Å²) in [4.78, 5) is 12.4. The molecule has 2 aromatic carbocycles. The molecule has 0 aliphatic rings. The SMILES string of the molecule is CC(C)(NC(=O)Cc1noc2ccccc12)c1cccc(Cl)c1. The summed E-state index contributed by atoms with van der Waals surface area (Å²) in [6.45, 7) is 3.88. The molecule has 4 nitrogen and oxygen atoms in total. The summed E-state index contributed by atoms with van der Waals surface area (Å²) in [5.41, 5.74) is 1.74. The molecule has 0 aliphatic heterocycles. The smallest absolute Gasteiger partial charge is 0.226 e. The van der Waals surface area contributed by atoms with E-state index in [0.717, 1.165) is 10.9 Å². The third kappa shape index (κ3) is 3.37. The van der Waals surface area contributed by atoms with Crippen molar-refractivity contribution in [2.75, 3.05) is 0 Å². The normalized spacial score (nSPS) is 11.6. The minimum atomic E-state index is -0.526. The monoisotopic (exact) mass is 328 g/mol. The van der Waals surface area contributed by atoms with E-state index >= 15 is 0 Å². The number of para-hydroxylation sites is 1. The van der Waals surface area contributed by atoms with Gasteiger partial charge in [0.05, 0.1) is 12.0 Å². The van der Waals surface area contributed by atoms with Crippen LogP contribution in [0.15, 0.2) is 53.1 Å². The molecule has 3 aromatic rings. The van der Waals surface area contributed by atoms with E-state index in [1.54, 1.807) is 0 Å². The molecule has 0 aliphatic carbocycles. The number of hydrogen-bond acceptors (Lipinski definition) is 3. The van der Waals surface area contributed by atoms with Gasteiger partial charge in [0.25, 0.3) is 0 Å². The molecule has 1 N–H and O–H groups in total. The van der Waals surface area contributed by atoms with Crippen molar-refractivity contribution in [3.05, 3.63) is 64.8 Å². The lowest BCUT2D eigenvalue weighted by Gasteiger charge is -2.27. The molecule has 0 fully saturated rings. The first-order chi connectivity index (χ1) is 11.0. The van der Waals surface area contributed by atoms with Gasteiger partial charge in [0.15, 0.2) is 5.58 Å². The number of rotatable bonds is 4. The summed E-state index contributed by atoms with van der Waals surface area (Å²) in [6.07, 6.45) is 0.168. The van der Waals surface area contributed by atoms with Gasteiger partial charge in [-0.2, -0.15) is 0 Å². The molecule has 1 amide bonds. The van der Waals surface area contributed by atoms with E-state index in [1.165, 1.54) is 0 Å². The van der Waals surface area contributed by atoms with Crippen LogP contribution in [0.4, 0.5) is 0 Å². The summed E-state index contributed by atoms with van der Waals surface area (Å²) in [7, 11) is 0. The molecule has 23 heavy (non-hydrogen) atoms. The van der Waals surface area contributed by atoms with Crippen LogP contribution in [0.2, 0.25) is 5.02 Å². The van der Waals surface area contributed by atoms with Crippen LogP contribution < -0.4 is 5.32 Å². The number of hydrogen-bond donors (Lipinski definition) is 1. The highest BCUT2D eigenvalue weighted by Gasteiger charge is 2.24. The number of carbonyl (C=O) groups excluding carboxylic acids is 1. The van der Waals surface area contributed by atoms with Gasteiger partial charge >= 0.3 is 0 Å². The molecule has 118 valence electrons. The Hall–Kier alpha value is -2.33. The van der Waals surface area contributed by atoms with E-state index in [0.29, 0.717) is 16.3 Å².